The van der Waals surface area contributed by atoms with Crippen molar-refractivity contribution in [1.82, 2.24) is 4.72 Å². The van der Waals surface area contributed by atoms with Crippen LogP contribution in [0.2, 0.25) is 0 Å². The van der Waals surface area contributed by atoms with E-state index in [0.29, 0.717) is 0 Å². The van der Waals surface area contributed by atoms with E-state index in [1.807, 2.05) is 18.2 Å². The van der Waals surface area contributed by atoms with Gasteiger partial charge in [0.2, 0.25) is 10.0 Å². The van der Waals surface area contributed by atoms with Crippen molar-refractivity contribution in [2.24, 2.45) is 0 Å². The quantitative estimate of drug-likeness (QED) is 0.837. The Kier molecular flexibility index (Phi) is 4.52. The molecule has 0 aromatic heterocycles. The second-order valence-corrected chi connectivity index (χ2v) is 5.92. The van der Waals surface area contributed by atoms with Crippen LogP contribution in [-0.4, -0.2) is 27.5 Å². The summed E-state index contributed by atoms with van der Waals surface area (Å²) in [7, 11) is -3.81. The van der Waals surface area contributed by atoms with E-state index < -0.39 is 29.1 Å². The molecule has 2 aromatic carbocycles. The molecule has 0 amide bonds. The molecule has 21 heavy (non-hydrogen) atoms. The van der Waals surface area contributed by atoms with Gasteiger partial charge in [-0.15, -0.1) is 0 Å². The van der Waals surface area contributed by atoms with Crippen LogP contribution < -0.4 is 4.72 Å². The zero-order valence-corrected chi connectivity index (χ0v) is 11.8. The van der Waals surface area contributed by atoms with Crippen LogP contribution in [0.15, 0.2) is 47.4 Å². The van der Waals surface area contributed by atoms with Crippen molar-refractivity contribution in [2.45, 2.75) is 4.90 Å². The van der Waals surface area contributed by atoms with E-state index in [4.69, 9.17) is 5.26 Å². The summed E-state index contributed by atoms with van der Waals surface area (Å²) in [6, 6.07) is 13.7. The molecule has 7 heteroatoms. The summed E-state index contributed by atoms with van der Waals surface area (Å²) in [6.45, 7) is -0.923. The van der Waals surface area contributed by atoms with Gasteiger partial charge in [0, 0.05) is 0 Å². The van der Waals surface area contributed by atoms with Gasteiger partial charge in [0.1, 0.15) is 12.6 Å². The smallest absolute Gasteiger partial charge is 0.322 e. The van der Waals surface area contributed by atoms with Crippen LogP contribution in [0.1, 0.15) is 0 Å². The van der Waals surface area contributed by atoms with Crippen LogP contribution >= 0.6 is 0 Å². The first-order valence-corrected chi connectivity index (χ1v) is 7.52. The Labute approximate surface area is 122 Å². The number of carbonyl (C=O) groups excluding carboxylic acids is 1. The molecule has 0 atom stereocenters. The van der Waals surface area contributed by atoms with Gasteiger partial charge in [-0.2, -0.15) is 9.98 Å². The third kappa shape index (κ3) is 3.78. The molecule has 108 valence electrons. The van der Waals surface area contributed by atoms with Crippen LogP contribution in [0.25, 0.3) is 10.8 Å². The third-order valence-corrected chi connectivity index (χ3v) is 4.13. The maximum atomic E-state index is 12.1. The Hall–Kier alpha value is -2.43. The van der Waals surface area contributed by atoms with Gasteiger partial charge in [-0.3, -0.25) is 4.79 Å². The molecule has 0 heterocycles. The number of nitrogens with one attached hydrogen (secondary N) is 1. The molecule has 0 bridgehead atoms. The average molecular weight is 304 g/mol. The van der Waals surface area contributed by atoms with Crippen LogP contribution in [-0.2, 0) is 19.6 Å². The predicted octanol–water partition coefficient (Wildman–Crippen LogP) is 1.18. The minimum absolute atomic E-state index is 0.0642. The summed E-state index contributed by atoms with van der Waals surface area (Å²) in [4.78, 5) is 11.3. The van der Waals surface area contributed by atoms with Gasteiger partial charge < -0.3 is 4.74 Å². The van der Waals surface area contributed by atoms with Crippen LogP contribution in [0.5, 0.6) is 0 Å². The molecule has 2 aromatic rings. The fourth-order valence-electron chi connectivity index (χ4n) is 1.74. The molecule has 0 radical (unpaired) electrons. The van der Waals surface area contributed by atoms with Gasteiger partial charge >= 0.3 is 5.97 Å². The van der Waals surface area contributed by atoms with Crippen molar-refractivity contribution in [2.75, 3.05) is 13.2 Å². The highest BCUT2D eigenvalue weighted by molar-refractivity contribution is 7.89. The largest absolute Gasteiger partial charge is 0.449 e. The van der Waals surface area contributed by atoms with Crippen molar-refractivity contribution in [3.8, 4) is 6.07 Å². The molecule has 0 saturated carbocycles. The highest BCUT2D eigenvalue weighted by Gasteiger charge is 2.16. The van der Waals surface area contributed by atoms with E-state index in [9.17, 15) is 13.2 Å². The number of hydrogen-bond acceptors (Lipinski definition) is 5. The number of benzene rings is 2. The van der Waals surface area contributed by atoms with E-state index in [1.165, 1.54) is 12.1 Å². The first-order valence-electron chi connectivity index (χ1n) is 6.04. The Bertz CT molecular complexity index is 809. The number of ether oxygens (including phenoxy) is 1. The first kappa shape index (κ1) is 15.0. The lowest BCUT2D eigenvalue weighted by Gasteiger charge is -2.07. The normalized spacial score (nSPS) is 11.0. The minimum atomic E-state index is -3.81. The van der Waals surface area contributed by atoms with Crippen LogP contribution in [0.3, 0.4) is 0 Å². The van der Waals surface area contributed by atoms with Crippen molar-refractivity contribution >= 4 is 26.8 Å². The summed E-state index contributed by atoms with van der Waals surface area (Å²) in [5, 5.41) is 9.96. The van der Waals surface area contributed by atoms with Crippen molar-refractivity contribution < 1.29 is 17.9 Å². The number of nitriles is 1. The summed E-state index contributed by atoms with van der Waals surface area (Å²) in [6.07, 6.45) is 0. The Balaban J connectivity index is 2.14. The zero-order valence-electron chi connectivity index (χ0n) is 10.9. The SMILES string of the molecule is N#CCOC(=O)CNS(=O)(=O)c1ccc2ccccc2c1. The Morgan fingerprint density at radius 2 is 1.90 bits per heavy atom. The van der Waals surface area contributed by atoms with Crippen molar-refractivity contribution in [3.63, 3.8) is 0 Å². The number of fused-ring (bicyclic) bond motifs is 1. The molecule has 0 aliphatic heterocycles. The fourth-order valence-corrected chi connectivity index (χ4v) is 2.74. The van der Waals surface area contributed by atoms with E-state index in [-0.39, 0.29) is 4.90 Å². The summed E-state index contributed by atoms with van der Waals surface area (Å²) in [5.74, 6) is -0.805. The number of hydrogen-bond donors (Lipinski definition) is 1. The lowest BCUT2D eigenvalue weighted by Crippen LogP contribution is -2.30. The predicted molar refractivity (Wildman–Crippen MR) is 75.7 cm³/mol. The maximum Gasteiger partial charge on any atom is 0.322 e. The molecule has 0 fully saturated rings. The topological polar surface area (TPSA) is 96.3 Å². The van der Waals surface area contributed by atoms with E-state index in [0.717, 1.165) is 10.8 Å². The lowest BCUT2D eigenvalue weighted by atomic mass is 10.1. The Morgan fingerprint density at radius 3 is 2.62 bits per heavy atom. The molecule has 0 aliphatic rings. The van der Waals surface area contributed by atoms with Crippen LogP contribution in [0.4, 0.5) is 0 Å². The molecule has 6 nitrogen and oxygen atoms in total. The van der Waals surface area contributed by atoms with E-state index in [1.54, 1.807) is 18.2 Å². The van der Waals surface area contributed by atoms with Gasteiger partial charge in [-0.25, -0.2) is 8.42 Å². The van der Waals surface area contributed by atoms with Crippen molar-refractivity contribution in [3.05, 3.63) is 42.5 Å². The molecule has 0 aliphatic carbocycles. The molecule has 0 spiro atoms. The molecule has 0 saturated heterocycles. The highest BCUT2D eigenvalue weighted by Crippen LogP contribution is 2.18. The standard InChI is InChI=1S/C14H12N2O4S/c15-7-8-20-14(17)10-16-21(18,19)13-6-5-11-3-1-2-4-12(11)9-13/h1-6,9,16H,8,10H2. The first-order chi connectivity index (χ1) is 10.0. The number of nitrogens with zero attached hydrogens (tertiary/aromatic N) is 1. The number of sulfonamides is 1. The van der Waals surface area contributed by atoms with E-state index >= 15 is 0 Å². The molecule has 2 rings (SSSR count). The molecule has 0 unspecified atom stereocenters. The minimum Gasteiger partial charge on any atom is -0.449 e. The lowest BCUT2D eigenvalue weighted by molar-refractivity contribution is -0.140. The zero-order chi connectivity index (χ0) is 15.3. The maximum absolute atomic E-state index is 12.1. The van der Waals surface area contributed by atoms with Crippen molar-refractivity contribution in [1.29, 1.82) is 5.26 Å². The Morgan fingerprint density at radius 1 is 1.19 bits per heavy atom. The van der Waals surface area contributed by atoms with Crippen LogP contribution in [0, 0.1) is 11.3 Å². The molecule has 1 N–H and O–H groups in total. The fraction of sp³-hybridized carbons (Fsp3) is 0.143. The van der Waals surface area contributed by atoms with Gasteiger partial charge in [-0.1, -0.05) is 30.3 Å². The van der Waals surface area contributed by atoms with E-state index in [2.05, 4.69) is 9.46 Å². The summed E-state index contributed by atoms with van der Waals surface area (Å²) < 4.78 is 30.7. The monoisotopic (exact) mass is 304 g/mol. The molecular weight excluding hydrogens is 292 g/mol. The number of rotatable bonds is 5. The third-order valence-electron chi connectivity index (χ3n) is 2.74. The highest BCUT2D eigenvalue weighted by atomic mass is 32.2. The second-order valence-electron chi connectivity index (χ2n) is 4.15. The summed E-state index contributed by atoms with van der Waals surface area (Å²) in [5.41, 5.74) is 0. The number of esters is 1. The summed E-state index contributed by atoms with van der Waals surface area (Å²) >= 11 is 0. The molecular formula is C14H12N2O4S. The van der Waals surface area contributed by atoms with Gasteiger partial charge in [0.25, 0.3) is 0 Å². The van der Waals surface area contributed by atoms with Gasteiger partial charge in [-0.05, 0) is 22.9 Å². The average Bonchev–Trinajstić information content (AvgIpc) is 2.50. The number of carbonyl (C=O) groups is 1. The van der Waals surface area contributed by atoms with Gasteiger partial charge in [0.05, 0.1) is 4.90 Å². The van der Waals surface area contributed by atoms with Gasteiger partial charge in [0.15, 0.2) is 6.61 Å². The second kappa shape index (κ2) is 6.35.